The van der Waals surface area contributed by atoms with E-state index in [1.54, 1.807) is 0 Å². The number of carbonyl (C=O) groups excluding carboxylic acids is 2. The summed E-state index contributed by atoms with van der Waals surface area (Å²) in [7, 11) is 0. The number of nitrogens with one attached hydrogen (secondary N) is 1. The van der Waals surface area contributed by atoms with Gasteiger partial charge in [-0.15, -0.1) is 0 Å². The maximum Gasteiger partial charge on any atom is 0.312 e. The van der Waals surface area contributed by atoms with Crippen molar-refractivity contribution in [3.05, 3.63) is 0 Å². The van der Waals surface area contributed by atoms with Crippen molar-refractivity contribution in [1.82, 2.24) is 5.32 Å². The van der Waals surface area contributed by atoms with Gasteiger partial charge in [-0.3, -0.25) is 4.79 Å². The van der Waals surface area contributed by atoms with Crippen molar-refractivity contribution >= 4 is 11.8 Å². The monoisotopic (exact) mass is 116 g/mol. The van der Waals surface area contributed by atoms with E-state index in [0.717, 1.165) is 0 Å². The van der Waals surface area contributed by atoms with E-state index in [-0.39, 0.29) is 12.3 Å². The highest BCUT2D eigenvalue weighted by Crippen LogP contribution is 1.61. The molecule has 3 N–H and O–H groups in total. The van der Waals surface area contributed by atoms with Crippen LogP contribution in [0.1, 0.15) is 6.92 Å². The first-order valence-corrected chi connectivity index (χ1v) is 2.15. The van der Waals surface area contributed by atoms with Crippen LogP contribution in [0.4, 0.5) is 4.79 Å². The van der Waals surface area contributed by atoms with Gasteiger partial charge < -0.3 is 11.1 Å². The number of urea groups is 1. The molecule has 0 saturated carbocycles. The molecule has 46 valence electrons. The molecule has 0 saturated heterocycles. The largest absolute Gasteiger partial charge is 0.352 e. The third-order valence-corrected chi connectivity index (χ3v) is 0.512. The standard InChI is InChI=1S/C4H8N2O2/c1-3(7)2-6-4(5)8/h2H2,1H3,(H3,5,6,8). The van der Waals surface area contributed by atoms with E-state index in [1.807, 2.05) is 0 Å². The van der Waals surface area contributed by atoms with Gasteiger partial charge in [0.15, 0.2) is 0 Å². The number of hydrogen-bond donors (Lipinski definition) is 2. The first kappa shape index (κ1) is 6.94. The molecule has 0 aromatic carbocycles. The van der Waals surface area contributed by atoms with Gasteiger partial charge in [0.2, 0.25) is 0 Å². The number of Topliss-reactive ketones (excluding diaryl/α,β-unsaturated/α-hetero) is 1. The molecule has 4 nitrogen and oxygen atoms in total. The molecule has 4 heteroatoms. The van der Waals surface area contributed by atoms with Gasteiger partial charge in [-0.25, -0.2) is 4.79 Å². The van der Waals surface area contributed by atoms with E-state index in [0.29, 0.717) is 0 Å². The second-order valence-electron chi connectivity index (χ2n) is 1.42. The van der Waals surface area contributed by atoms with Gasteiger partial charge in [0.1, 0.15) is 5.78 Å². The Morgan fingerprint density at radius 2 is 2.12 bits per heavy atom. The van der Waals surface area contributed by atoms with Crippen LogP contribution in [0.3, 0.4) is 0 Å². The van der Waals surface area contributed by atoms with Crippen LogP contribution in [0.5, 0.6) is 0 Å². The molecule has 0 aromatic heterocycles. The Balaban J connectivity index is 3.18. The second kappa shape index (κ2) is 3.01. The average Bonchev–Trinajstić information content (AvgIpc) is 1.61. The fraction of sp³-hybridized carbons (Fsp3) is 0.500. The number of primary amides is 1. The fourth-order valence-corrected chi connectivity index (χ4v) is 0.212. The van der Waals surface area contributed by atoms with Crippen molar-refractivity contribution in [2.45, 2.75) is 6.92 Å². The molecular weight excluding hydrogens is 108 g/mol. The van der Waals surface area contributed by atoms with Gasteiger partial charge in [-0.05, 0) is 6.92 Å². The lowest BCUT2D eigenvalue weighted by Gasteiger charge is -1.93. The van der Waals surface area contributed by atoms with Crippen LogP contribution in [-0.2, 0) is 4.79 Å². The molecule has 0 rings (SSSR count). The molecule has 0 heterocycles. The summed E-state index contributed by atoms with van der Waals surface area (Å²) in [5, 5.41) is 2.13. The van der Waals surface area contributed by atoms with E-state index in [1.165, 1.54) is 6.92 Å². The summed E-state index contributed by atoms with van der Waals surface area (Å²) >= 11 is 0. The Hall–Kier alpha value is -1.06. The number of rotatable bonds is 2. The molecule has 2 amide bonds. The summed E-state index contributed by atoms with van der Waals surface area (Å²) in [6.45, 7) is 1.39. The summed E-state index contributed by atoms with van der Waals surface area (Å²) in [6, 6.07) is -0.666. The van der Waals surface area contributed by atoms with Gasteiger partial charge in [-0.1, -0.05) is 0 Å². The highest BCUT2D eigenvalue weighted by atomic mass is 16.2. The number of hydrogen-bond acceptors (Lipinski definition) is 2. The van der Waals surface area contributed by atoms with Gasteiger partial charge in [0.05, 0.1) is 6.54 Å². The number of carbonyl (C=O) groups is 2. The summed E-state index contributed by atoms with van der Waals surface area (Å²) in [5.74, 6) is -0.108. The van der Waals surface area contributed by atoms with Crippen molar-refractivity contribution < 1.29 is 9.59 Å². The molecule has 0 aromatic rings. The van der Waals surface area contributed by atoms with Crippen molar-refractivity contribution in [2.75, 3.05) is 6.54 Å². The van der Waals surface area contributed by atoms with Crippen LogP contribution in [-0.4, -0.2) is 18.4 Å². The van der Waals surface area contributed by atoms with Crippen LogP contribution >= 0.6 is 0 Å². The van der Waals surface area contributed by atoms with Gasteiger partial charge in [0, 0.05) is 0 Å². The Bertz CT molecular complexity index is 96.6. The molecule has 0 aliphatic rings. The van der Waals surface area contributed by atoms with Crippen LogP contribution in [0.15, 0.2) is 0 Å². The zero-order chi connectivity index (χ0) is 6.57. The van der Waals surface area contributed by atoms with Crippen molar-refractivity contribution in [3.8, 4) is 0 Å². The predicted molar refractivity (Wildman–Crippen MR) is 28.3 cm³/mol. The average molecular weight is 116 g/mol. The molecule has 0 radical (unpaired) electrons. The first-order valence-electron chi connectivity index (χ1n) is 2.15. The quantitative estimate of drug-likeness (QED) is 0.498. The molecular formula is C4H8N2O2. The topological polar surface area (TPSA) is 72.2 Å². The van der Waals surface area contributed by atoms with E-state index >= 15 is 0 Å². The highest BCUT2D eigenvalue weighted by Gasteiger charge is 1.92. The van der Waals surface area contributed by atoms with Crippen molar-refractivity contribution in [3.63, 3.8) is 0 Å². The van der Waals surface area contributed by atoms with Crippen molar-refractivity contribution in [2.24, 2.45) is 5.73 Å². The molecule has 0 bridgehead atoms. The minimum absolute atomic E-state index is 0.0231. The van der Waals surface area contributed by atoms with Crippen LogP contribution in [0.25, 0.3) is 0 Å². The number of ketones is 1. The van der Waals surface area contributed by atoms with E-state index in [9.17, 15) is 9.59 Å². The SMILES string of the molecule is CC(=O)CNC(N)=O. The summed E-state index contributed by atoms with van der Waals surface area (Å²) in [6.07, 6.45) is 0. The van der Waals surface area contributed by atoms with Gasteiger partial charge in [0.25, 0.3) is 0 Å². The van der Waals surface area contributed by atoms with Crippen LogP contribution in [0, 0.1) is 0 Å². The highest BCUT2D eigenvalue weighted by molar-refractivity contribution is 5.82. The summed E-state index contributed by atoms with van der Waals surface area (Å²) in [4.78, 5) is 19.9. The number of amides is 2. The maximum absolute atomic E-state index is 10.1. The fourth-order valence-electron chi connectivity index (χ4n) is 0.212. The third-order valence-electron chi connectivity index (χ3n) is 0.512. The van der Waals surface area contributed by atoms with Crippen molar-refractivity contribution in [1.29, 1.82) is 0 Å². The minimum atomic E-state index is -0.666. The zero-order valence-electron chi connectivity index (χ0n) is 4.60. The molecule has 8 heavy (non-hydrogen) atoms. The molecule has 0 unspecified atom stereocenters. The Kier molecular flexibility index (Phi) is 2.61. The van der Waals surface area contributed by atoms with Gasteiger partial charge in [-0.2, -0.15) is 0 Å². The second-order valence-corrected chi connectivity index (χ2v) is 1.42. The molecule has 0 atom stereocenters. The smallest absolute Gasteiger partial charge is 0.312 e. The van der Waals surface area contributed by atoms with E-state index in [4.69, 9.17) is 0 Å². The third kappa shape index (κ3) is 4.94. The Morgan fingerprint density at radius 3 is 2.25 bits per heavy atom. The normalized spacial score (nSPS) is 8.12. The molecule has 0 spiro atoms. The lowest BCUT2D eigenvalue weighted by atomic mass is 10.4. The summed E-state index contributed by atoms with van der Waals surface area (Å²) in [5.41, 5.74) is 4.64. The van der Waals surface area contributed by atoms with E-state index in [2.05, 4.69) is 11.1 Å². The lowest BCUT2D eigenvalue weighted by molar-refractivity contribution is -0.116. The maximum atomic E-state index is 10.1. The number of nitrogens with two attached hydrogens (primary N) is 1. The first-order chi connectivity index (χ1) is 3.63. The lowest BCUT2D eigenvalue weighted by Crippen LogP contribution is -2.32. The molecule has 0 fully saturated rings. The Morgan fingerprint density at radius 1 is 1.62 bits per heavy atom. The zero-order valence-corrected chi connectivity index (χ0v) is 4.60. The predicted octanol–water partition coefficient (Wildman–Crippen LogP) is -0.756. The van der Waals surface area contributed by atoms with Crippen LogP contribution < -0.4 is 11.1 Å². The minimum Gasteiger partial charge on any atom is -0.352 e. The molecule has 0 aliphatic heterocycles. The summed E-state index contributed by atoms with van der Waals surface area (Å²) < 4.78 is 0. The van der Waals surface area contributed by atoms with Crippen LogP contribution in [0.2, 0.25) is 0 Å². The Labute approximate surface area is 47.0 Å². The molecule has 0 aliphatic carbocycles. The van der Waals surface area contributed by atoms with Gasteiger partial charge >= 0.3 is 6.03 Å². The van der Waals surface area contributed by atoms with E-state index < -0.39 is 6.03 Å².